The molecule has 3 atom stereocenters. The Morgan fingerprint density at radius 2 is 1.84 bits per heavy atom. The van der Waals surface area contributed by atoms with E-state index in [-0.39, 0.29) is 36.1 Å². The Hall–Kier alpha value is -1.30. The number of nitrogens with one attached hydrogen (secondary N) is 2. The fraction of sp³-hybridized carbons (Fsp3) is 0.895. The zero-order valence-corrected chi connectivity index (χ0v) is 16.0. The fourth-order valence-electron chi connectivity index (χ4n) is 5.48. The van der Waals surface area contributed by atoms with E-state index in [2.05, 4.69) is 31.4 Å². The zero-order chi connectivity index (χ0) is 18.4. The van der Waals surface area contributed by atoms with Gasteiger partial charge >= 0.3 is 12.0 Å². The Balaban J connectivity index is 1.45. The molecule has 0 aromatic heterocycles. The van der Waals surface area contributed by atoms with E-state index in [9.17, 15) is 9.59 Å². The molecular formula is C19H33N3O3. The van der Waals surface area contributed by atoms with Crippen molar-refractivity contribution < 1.29 is 14.7 Å². The first-order chi connectivity index (χ1) is 11.7. The minimum Gasteiger partial charge on any atom is -0.480 e. The highest BCUT2D eigenvalue weighted by Gasteiger charge is 2.61. The van der Waals surface area contributed by atoms with E-state index in [4.69, 9.17) is 5.11 Å². The van der Waals surface area contributed by atoms with Crippen molar-refractivity contribution in [3.8, 4) is 0 Å². The summed E-state index contributed by atoms with van der Waals surface area (Å²) >= 11 is 0. The third-order valence-electron chi connectivity index (χ3n) is 7.81. The van der Waals surface area contributed by atoms with Crippen molar-refractivity contribution in [2.75, 3.05) is 13.1 Å². The summed E-state index contributed by atoms with van der Waals surface area (Å²) in [7, 11) is 0. The summed E-state index contributed by atoms with van der Waals surface area (Å²) in [6, 6.07) is 0.633. The molecule has 6 heteroatoms. The normalized spacial score (nSPS) is 38.4. The van der Waals surface area contributed by atoms with E-state index in [0.717, 1.165) is 25.8 Å². The average molecular weight is 351 g/mol. The number of carboxylic acids is 1. The maximum Gasteiger partial charge on any atom is 0.317 e. The van der Waals surface area contributed by atoms with Crippen LogP contribution in [-0.2, 0) is 4.79 Å². The SMILES string of the molecule is CCN(CC(=O)O)C1CC(NC(=O)NC2CC3CCC2(C)C3(C)C)C1. The third-order valence-corrected chi connectivity index (χ3v) is 7.81. The number of carbonyl (C=O) groups excluding carboxylic acids is 1. The molecule has 6 nitrogen and oxygen atoms in total. The van der Waals surface area contributed by atoms with Gasteiger partial charge in [-0.25, -0.2) is 4.79 Å². The first-order valence-electron chi connectivity index (χ1n) is 9.70. The van der Waals surface area contributed by atoms with E-state index in [1.807, 2.05) is 11.8 Å². The van der Waals surface area contributed by atoms with Crippen molar-refractivity contribution in [2.45, 2.75) is 77.9 Å². The summed E-state index contributed by atoms with van der Waals surface area (Å²) in [5, 5.41) is 15.3. The van der Waals surface area contributed by atoms with Gasteiger partial charge in [0.1, 0.15) is 0 Å². The number of urea groups is 1. The average Bonchev–Trinajstić information content (AvgIpc) is 2.81. The number of rotatable bonds is 6. The molecule has 2 bridgehead atoms. The second-order valence-corrected chi connectivity index (χ2v) is 9.06. The van der Waals surface area contributed by atoms with Gasteiger partial charge in [-0.05, 0) is 55.4 Å². The van der Waals surface area contributed by atoms with Gasteiger partial charge in [0.15, 0.2) is 0 Å². The number of carboxylic acid groups (broad SMARTS) is 1. The van der Waals surface area contributed by atoms with E-state index >= 15 is 0 Å². The molecule has 142 valence electrons. The molecule has 3 unspecified atom stereocenters. The van der Waals surface area contributed by atoms with E-state index in [1.165, 1.54) is 12.8 Å². The molecule has 0 radical (unpaired) electrons. The molecule has 3 aliphatic rings. The number of hydrogen-bond acceptors (Lipinski definition) is 3. The molecule has 0 saturated heterocycles. The lowest BCUT2D eigenvalue weighted by Gasteiger charge is -2.43. The number of fused-ring (bicyclic) bond motifs is 2. The largest absolute Gasteiger partial charge is 0.480 e. The summed E-state index contributed by atoms with van der Waals surface area (Å²) in [6.07, 6.45) is 5.24. The number of likely N-dealkylation sites (N-methyl/N-ethyl adjacent to an activating group) is 1. The van der Waals surface area contributed by atoms with Crippen LogP contribution in [0.4, 0.5) is 4.79 Å². The maximum absolute atomic E-state index is 12.4. The predicted octanol–water partition coefficient (Wildman–Crippen LogP) is 2.44. The molecule has 3 N–H and O–H groups in total. The van der Waals surface area contributed by atoms with Crippen LogP contribution in [0, 0.1) is 16.7 Å². The Kier molecular flexibility index (Phi) is 4.77. The Morgan fingerprint density at radius 1 is 1.16 bits per heavy atom. The topological polar surface area (TPSA) is 81.7 Å². The van der Waals surface area contributed by atoms with Crippen molar-refractivity contribution in [2.24, 2.45) is 16.7 Å². The van der Waals surface area contributed by atoms with E-state index < -0.39 is 5.97 Å². The van der Waals surface area contributed by atoms with Crippen molar-refractivity contribution in [3.05, 3.63) is 0 Å². The highest BCUT2D eigenvalue weighted by Crippen LogP contribution is 2.65. The molecular weight excluding hydrogens is 318 g/mol. The fourth-order valence-corrected chi connectivity index (χ4v) is 5.48. The van der Waals surface area contributed by atoms with Crippen LogP contribution >= 0.6 is 0 Å². The number of nitrogens with zero attached hydrogens (tertiary/aromatic N) is 1. The number of carbonyl (C=O) groups is 2. The van der Waals surface area contributed by atoms with Crippen molar-refractivity contribution in [1.82, 2.24) is 15.5 Å². The highest BCUT2D eigenvalue weighted by atomic mass is 16.4. The molecule has 0 spiro atoms. The zero-order valence-electron chi connectivity index (χ0n) is 16.0. The Labute approximate surface area is 150 Å². The van der Waals surface area contributed by atoms with Crippen LogP contribution in [0.1, 0.15) is 59.8 Å². The van der Waals surface area contributed by atoms with Gasteiger partial charge in [-0.2, -0.15) is 0 Å². The standard InChI is InChI=1S/C19H33N3O3/c1-5-22(11-16(23)24)14-9-13(10-14)20-17(25)21-15-8-12-6-7-19(15,4)18(12,2)3/h12-15H,5-11H2,1-4H3,(H,23,24)(H2,20,21,25). The van der Waals surface area contributed by atoms with E-state index in [0.29, 0.717) is 11.3 Å². The molecule has 0 aromatic carbocycles. The smallest absolute Gasteiger partial charge is 0.317 e. The number of aliphatic carboxylic acids is 1. The lowest BCUT2D eigenvalue weighted by atomic mass is 9.69. The van der Waals surface area contributed by atoms with Gasteiger partial charge in [0.2, 0.25) is 0 Å². The second kappa shape index (κ2) is 6.45. The van der Waals surface area contributed by atoms with Crippen LogP contribution < -0.4 is 10.6 Å². The molecule has 0 heterocycles. The van der Waals surface area contributed by atoms with Crippen molar-refractivity contribution >= 4 is 12.0 Å². The molecule has 3 fully saturated rings. The van der Waals surface area contributed by atoms with Crippen LogP contribution in [0.15, 0.2) is 0 Å². The lowest BCUT2D eigenvalue weighted by Crippen LogP contribution is -2.58. The van der Waals surface area contributed by atoms with Crippen molar-refractivity contribution in [1.29, 1.82) is 0 Å². The molecule has 3 aliphatic carbocycles. The summed E-state index contributed by atoms with van der Waals surface area (Å²) in [5.74, 6) is -0.0758. The van der Waals surface area contributed by atoms with Crippen LogP contribution in [0.3, 0.4) is 0 Å². The first kappa shape index (κ1) is 18.5. The predicted molar refractivity (Wildman–Crippen MR) is 96.4 cm³/mol. The van der Waals surface area contributed by atoms with Gasteiger partial charge in [-0.3, -0.25) is 9.69 Å². The minimum absolute atomic E-state index is 0.0562. The van der Waals surface area contributed by atoms with Gasteiger partial charge in [0.05, 0.1) is 6.54 Å². The molecule has 2 amide bonds. The number of amides is 2. The summed E-state index contributed by atoms with van der Waals surface area (Å²) in [5.41, 5.74) is 0.489. The van der Waals surface area contributed by atoms with Crippen LogP contribution in [0.25, 0.3) is 0 Å². The number of hydrogen-bond donors (Lipinski definition) is 3. The maximum atomic E-state index is 12.4. The van der Waals surface area contributed by atoms with Crippen LogP contribution in [0.5, 0.6) is 0 Å². The lowest BCUT2D eigenvalue weighted by molar-refractivity contribution is -0.139. The summed E-state index contributed by atoms with van der Waals surface area (Å²) < 4.78 is 0. The van der Waals surface area contributed by atoms with Gasteiger partial charge in [-0.1, -0.05) is 27.7 Å². The van der Waals surface area contributed by atoms with Gasteiger partial charge < -0.3 is 15.7 Å². The minimum atomic E-state index is -0.789. The Morgan fingerprint density at radius 3 is 2.32 bits per heavy atom. The highest BCUT2D eigenvalue weighted by molar-refractivity contribution is 5.75. The monoisotopic (exact) mass is 351 g/mol. The van der Waals surface area contributed by atoms with Crippen LogP contribution in [0.2, 0.25) is 0 Å². The van der Waals surface area contributed by atoms with Gasteiger partial charge in [0.25, 0.3) is 0 Å². The quantitative estimate of drug-likeness (QED) is 0.686. The molecule has 0 aliphatic heterocycles. The first-order valence-corrected chi connectivity index (χ1v) is 9.70. The molecule has 3 rings (SSSR count). The molecule has 0 aromatic rings. The van der Waals surface area contributed by atoms with Gasteiger partial charge in [-0.15, -0.1) is 0 Å². The summed E-state index contributed by atoms with van der Waals surface area (Å²) in [4.78, 5) is 25.3. The third kappa shape index (κ3) is 3.14. The molecule has 25 heavy (non-hydrogen) atoms. The van der Waals surface area contributed by atoms with E-state index in [1.54, 1.807) is 0 Å². The summed E-state index contributed by atoms with van der Waals surface area (Å²) in [6.45, 7) is 9.82. The van der Waals surface area contributed by atoms with Crippen LogP contribution in [-0.4, -0.2) is 53.2 Å². The Bertz CT molecular complexity index is 544. The van der Waals surface area contributed by atoms with Crippen molar-refractivity contribution in [3.63, 3.8) is 0 Å². The second-order valence-electron chi connectivity index (χ2n) is 9.06. The van der Waals surface area contributed by atoms with Gasteiger partial charge in [0, 0.05) is 18.1 Å². The molecule has 3 saturated carbocycles.